The zero-order valence-electron chi connectivity index (χ0n) is 17.1. The highest BCUT2D eigenvalue weighted by Crippen LogP contribution is 2.46. The summed E-state index contributed by atoms with van der Waals surface area (Å²) in [5, 5.41) is 13.4. The predicted molar refractivity (Wildman–Crippen MR) is 123 cm³/mol. The molecule has 0 aromatic heterocycles. The second-order valence-corrected chi connectivity index (χ2v) is 8.01. The standard InChI is InChI=1S/C23H19N3O5S/c1-31-20-9-5-4-8-19(20)25-21(27)14-32-23(25)17-6-2-3-7-18(17)24-22(28)15-10-12-16(13-11-15)26(29)30/h2-13,23H,14H2,1H3,(H,24,28). The van der Waals surface area contributed by atoms with Crippen LogP contribution in [0.4, 0.5) is 17.1 Å². The van der Waals surface area contributed by atoms with Crippen molar-refractivity contribution in [1.82, 2.24) is 0 Å². The van der Waals surface area contributed by atoms with Gasteiger partial charge in [0.25, 0.3) is 11.6 Å². The molecular formula is C23H19N3O5S. The SMILES string of the molecule is COc1ccccc1N1C(=O)CSC1c1ccccc1NC(=O)c1ccc([N+](=O)[O-])cc1. The molecule has 1 saturated heterocycles. The molecule has 1 aliphatic heterocycles. The van der Waals surface area contributed by atoms with E-state index in [2.05, 4.69) is 5.32 Å². The summed E-state index contributed by atoms with van der Waals surface area (Å²) in [7, 11) is 1.56. The summed E-state index contributed by atoms with van der Waals surface area (Å²) in [6.45, 7) is 0. The monoisotopic (exact) mass is 449 g/mol. The van der Waals surface area contributed by atoms with Gasteiger partial charge in [-0.25, -0.2) is 0 Å². The Morgan fingerprint density at radius 3 is 2.50 bits per heavy atom. The maximum absolute atomic E-state index is 12.8. The zero-order valence-corrected chi connectivity index (χ0v) is 17.9. The molecule has 4 rings (SSSR count). The van der Waals surface area contributed by atoms with E-state index < -0.39 is 10.8 Å². The Labute approximate surface area is 188 Å². The quantitative estimate of drug-likeness (QED) is 0.435. The Hall–Kier alpha value is -3.85. The highest BCUT2D eigenvalue weighted by Gasteiger charge is 2.36. The Balaban J connectivity index is 1.65. The van der Waals surface area contributed by atoms with Crippen molar-refractivity contribution in [2.45, 2.75) is 5.37 Å². The van der Waals surface area contributed by atoms with Gasteiger partial charge >= 0.3 is 0 Å². The minimum atomic E-state index is -0.516. The molecule has 2 amide bonds. The lowest BCUT2D eigenvalue weighted by Gasteiger charge is -2.27. The van der Waals surface area contributed by atoms with Crippen LogP contribution in [0.2, 0.25) is 0 Å². The van der Waals surface area contributed by atoms with Gasteiger partial charge < -0.3 is 10.1 Å². The molecule has 32 heavy (non-hydrogen) atoms. The minimum Gasteiger partial charge on any atom is -0.495 e. The lowest BCUT2D eigenvalue weighted by molar-refractivity contribution is -0.384. The van der Waals surface area contributed by atoms with Gasteiger partial charge in [-0.1, -0.05) is 30.3 Å². The van der Waals surface area contributed by atoms with Crippen LogP contribution in [0.5, 0.6) is 5.75 Å². The topological polar surface area (TPSA) is 102 Å². The van der Waals surface area contributed by atoms with Crippen LogP contribution in [0.15, 0.2) is 72.8 Å². The second kappa shape index (κ2) is 9.11. The van der Waals surface area contributed by atoms with E-state index in [9.17, 15) is 19.7 Å². The van der Waals surface area contributed by atoms with Crippen molar-refractivity contribution in [2.75, 3.05) is 23.1 Å². The van der Waals surface area contributed by atoms with Crippen LogP contribution in [0.25, 0.3) is 0 Å². The summed E-state index contributed by atoms with van der Waals surface area (Å²) in [4.78, 5) is 37.6. The van der Waals surface area contributed by atoms with Gasteiger partial charge in [-0.05, 0) is 30.3 Å². The van der Waals surface area contributed by atoms with Gasteiger partial charge in [-0.3, -0.25) is 24.6 Å². The molecule has 0 spiro atoms. The van der Waals surface area contributed by atoms with Crippen molar-refractivity contribution < 1.29 is 19.2 Å². The summed E-state index contributed by atoms with van der Waals surface area (Å²) in [5.74, 6) is 0.431. The molecule has 1 heterocycles. The average molecular weight is 449 g/mol. The molecule has 3 aromatic carbocycles. The first-order chi connectivity index (χ1) is 15.5. The van der Waals surface area contributed by atoms with Crippen molar-refractivity contribution in [3.8, 4) is 5.75 Å². The smallest absolute Gasteiger partial charge is 0.269 e. The van der Waals surface area contributed by atoms with E-state index in [1.54, 1.807) is 30.2 Å². The molecule has 9 heteroatoms. The van der Waals surface area contributed by atoms with Crippen molar-refractivity contribution in [2.24, 2.45) is 0 Å². The number of hydrogen-bond donors (Lipinski definition) is 1. The summed E-state index contributed by atoms with van der Waals surface area (Å²) >= 11 is 1.46. The summed E-state index contributed by atoms with van der Waals surface area (Å²) in [6, 6.07) is 20.0. The van der Waals surface area contributed by atoms with Gasteiger partial charge in [0.2, 0.25) is 5.91 Å². The van der Waals surface area contributed by atoms with Crippen LogP contribution in [0, 0.1) is 10.1 Å². The van der Waals surface area contributed by atoms with Crippen LogP contribution in [-0.2, 0) is 4.79 Å². The molecule has 0 saturated carbocycles. The van der Waals surface area contributed by atoms with E-state index in [-0.39, 0.29) is 17.0 Å². The molecule has 0 radical (unpaired) electrons. The van der Waals surface area contributed by atoms with Crippen LogP contribution in [0.1, 0.15) is 21.3 Å². The van der Waals surface area contributed by atoms with E-state index in [1.165, 1.54) is 36.0 Å². The van der Waals surface area contributed by atoms with Crippen molar-refractivity contribution in [1.29, 1.82) is 0 Å². The molecule has 1 atom stereocenters. The van der Waals surface area contributed by atoms with Gasteiger partial charge in [0, 0.05) is 28.9 Å². The fourth-order valence-corrected chi connectivity index (χ4v) is 4.70. The van der Waals surface area contributed by atoms with Crippen LogP contribution < -0.4 is 15.0 Å². The van der Waals surface area contributed by atoms with Crippen LogP contribution in [-0.4, -0.2) is 29.6 Å². The molecular weight excluding hydrogens is 430 g/mol. The van der Waals surface area contributed by atoms with Crippen LogP contribution >= 0.6 is 11.8 Å². The largest absolute Gasteiger partial charge is 0.495 e. The minimum absolute atomic E-state index is 0.0546. The number of non-ortho nitro benzene ring substituents is 1. The number of hydrogen-bond acceptors (Lipinski definition) is 6. The number of amides is 2. The van der Waals surface area contributed by atoms with Gasteiger partial charge in [0.15, 0.2) is 0 Å². The lowest BCUT2D eigenvalue weighted by atomic mass is 10.1. The van der Waals surface area contributed by atoms with E-state index in [4.69, 9.17) is 4.74 Å². The number of para-hydroxylation sites is 3. The van der Waals surface area contributed by atoms with E-state index in [1.807, 2.05) is 30.3 Å². The maximum atomic E-state index is 12.8. The molecule has 1 N–H and O–H groups in total. The van der Waals surface area contributed by atoms with E-state index >= 15 is 0 Å². The van der Waals surface area contributed by atoms with Crippen molar-refractivity contribution in [3.63, 3.8) is 0 Å². The average Bonchev–Trinajstić information content (AvgIpc) is 3.20. The molecule has 1 unspecified atom stereocenters. The summed E-state index contributed by atoms with van der Waals surface area (Å²) in [6.07, 6.45) is 0. The number of ether oxygens (including phenoxy) is 1. The third kappa shape index (κ3) is 4.15. The summed E-state index contributed by atoms with van der Waals surface area (Å²) < 4.78 is 5.45. The number of carbonyl (C=O) groups is 2. The Morgan fingerprint density at radius 2 is 1.78 bits per heavy atom. The number of nitro groups is 1. The van der Waals surface area contributed by atoms with Gasteiger partial charge in [0.1, 0.15) is 11.1 Å². The van der Waals surface area contributed by atoms with Crippen molar-refractivity contribution in [3.05, 3.63) is 94.0 Å². The summed E-state index contributed by atoms with van der Waals surface area (Å²) in [5.41, 5.74) is 2.19. The number of rotatable bonds is 6. The number of methoxy groups -OCH3 is 1. The number of nitrogens with one attached hydrogen (secondary N) is 1. The number of benzene rings is 3. The normalized spacial score (nSPS) is 15.5. The van der Waals surface area contributed by atoms with E-state index in [0.717, 1.165) is 5.56 Å². The first-order valence-electron chi connectivity index (χ1n) is 9.71. The molecule has 3 aromatic rings. The number of thioether (sulfide) groups is 1. The van der Waals surface area contributed by atoms with E-state index in [0.29, 0.717) is 28.4 Å². The van der Waals surface area contributed by atoms with Crippen molar-refractivity contribution >= 4 is 40.6 Å². The Morgan fingerprint density at radius 1 is 1.09 bits per heavy atom. The third-order valence-electron chi connectivity index (χ3n) is 5.03. The van der Waals surface area contributed by atoms with Gasteiger partial charge in [-0.15, -0.1) is 11.8 Å². The molecule has 162 valence electrons. The number of carbonyl (C=O) groups excluding carboxylic acids is 2. The second-order valence-electron chi connectivity index (χ2n) is 6.94. The maximum Gasteiger partial charge on any atom is 0.269 e. The molecule has 0 aliphatic carbocycles. The Kier molecular flexibility index (Phi) is 6.09. The number of nitro benzene ring substituents is 1. The van der Waals surface area contributed by atoms with Gasteiger partial charge in [0.05, 0.1) is 23.5 Å². The zero-order chi connectivity index (χ0) is 22.7. The fraction of sp³-hybridized carbons (Fsp3) is 0.130. The third-order valence-corrected chi connectivity index (χ3v) is 6.22. The Bertz CT molecular complexity index is 1180. The lowest BCUT2D eigenvalue weighted by Crippen LogP contribution is -2.29. The molecule has 1 aliphatic rings. The fourth-order valence-electron chi connectivity index (χ4n) is 3.50. The molecule has 1 fully saturated rings. The first kappa shape index (κ1) is 21.4. The predicted octanol–water partition coefficient (Wildman–Crippen LogP) is 4.63. The highest BCUT2D eigenvalue weighted by atomic mass is 32.2. The van der Waals surface area contributed by atoms with Crippen LogP contribution in [0.3, 0.4) is 0 Å². The number of anilines is 2. The highest BCUT2D eigenvalue weighted by molar-refractivity contribution is 8.00. The molecule has 0 bridgehead atoms. The van der Waals surface area contributed by atoms with Gasteiger partial charge in [-0.2, -0.15) is 0 Å². The first-order valence-corrected chi connectivity index (χ1v) is 10.8. The number of nitrogens with zero attached hydrogens (tertiary/aromatic N) is 2. The molecule has 8 nitrogen and oxygen atoms in total.